The van der Waals surface area contributed by atoms with Crippen molar-refractivity contribution in [3.8, 4) is 5.75 Å². The van der Waals surface area contributed by atoms with E-state index in [0.29, 0.717) is 47.6 Å². The van der Waals surface area contributed by atoms with Crippen LogP contribution in [0.1, 0.15) is 46.3 Å². The monoisotopic (exact) mass is 495 g/mol. The van der Waals surface area contributed by atoms with Gasteiger partial charge in [-0.25, -0.2) is 4.98 Å². The lowest BCUT2D eigenvalue weighted by atomic mass is 10.1. The number of benzene rings is 1. The smallest absolute Gasteiger partial charge is 0.276 e. The number of aromatic nitrogens is 4. The van der Waals surface area contributed by atoms with E-state index >= 15 is 0 Å². The lowest BCUT2D eigenvalue weighted by molar-refractivity contribution is 0.0789. The van der Waals surface area contributed by atoms with Crippen LogP contribution in [0, 0.1) is 6.92 Å². The molecule has 192 valence electrons. The fraction of sp³-hybridized carbons (Fsp3) is 0.440. The molecule has 2 aromatic heterocycles. The van der Waals surface area contributed by atoms with Gasteiger partial charge in [-0.15, -0.1) is 0 Å². The molecule has 1 saturated heterocycles. The first-order chi connectivity index (χ1) is 17.4. The number of nitrogens with zero attached hydrogens (tertiary/aromatic N) is 4. The number of carbonyl (C=O) groups excluding carboxylic acids is 2. The first-order valence-electron chi connectivity index (χ1n) is 12.1. The summed E-state index contributed by atoms with van der Waals surface area (Å²) in [7, 11) is 1.52. The summed E-state index contributed by atoms with van der Waals surface area (Å²) in [4.78, 5) is 29.6. The summed E-state index contributed by atoms with van der Waals surface area (Å²) in [6.45, 7) is 7.05. The number of aryl methyl sites for hydroxylation is 2. The predicted octanol–water partition coefficient (Wildman–Crippen LogP) is 2.25. The summed E-state index contributed by atoms with van der Waals surface area (Å²) in [6, 6.07) is 5.37. The topological polar surface area (TPSA) is 138 Å². The van der Waals surface area contributed by atoms with E-state index in [2.05, 4.69) is 20.7 Å². The van der Waals surface area contributed by atoms with Gasteiger partial charge >= 0.3 is 0 Å². The minimum Gasteiger partial charge on any atom is -0.494 e. The van der Waals surface area contributed by atoms with Crippen LogP contribution in [0.5, 0.6) is 5.75 Å². The van der Waals surface area contributed by atoms with Gasteiger partial charge in [0.2, 0.25) is 11.9 Å². The minimum absolute atomic E-state index is 0.276. The third kappa shape index (κ3) is 5.58. The molecule has 0 saturated carbocycles. The van der Waals surface area contributed by atoms with Gasteiger partial charge in [0.25, 0.3) is 5.91 Å². The van der Waals surface area contributed by atoms with Gasteiger partial charge in [-0.05, 0) is 44.9 Å². The molecule has 0 radical (unpaired) electrons. The lowest BCUT2D eigenvalue weighted by Gasteiger charge is -2.22. The van der Waals surface area contributed by atoms with Crippen molar-refractivity contribution in [2.45, 2.75) is 45.8 Å². The standard InChI is InChI=1S/C25H33N7O4/c1-4-32-20(13-16(2)30-32)24(34)29-25-28-19-14-17(23(26)33)15-21(35-3)22(19)31(25)10-6-5-9-27-18-7-11-36-12-8-18/h5-6,13-15,18,27H,4,7-12H2,1-3H3,(H2,26,33)(H,28,29,34)/b6-5+. The van der Waals surface area contributed by atoms with Crippen molar-refractivity contribution < 1.29 is 19.1 Å². The van der Waals surface area contributed by atoms with E-state index < -0.39 is 5.91 Å². The van der Waals surface area contributed by atoms with Crippen LogP contribution in [-0.4, -0.2) is 64.1 Å². The maximum atomic E-state index is 13.1. The van der Waals surface area contributed by atoms with E-state index in [1.54, 1.807) is 22.9 Å². The number of amides is 2. The summed E-state index contributed by atoms with van der Waals surface area (Å²) >= 11 is 0. The third-order valence-corrected chi connectivity index (χ3v) is 6.17. The van der Waals surface area contributed by atoms with Crippen LogP contribution < -0.4 is 21.1 Å². The number of hydrogen-bond acceptors (Lipinski definition) is 7. The normalized spacial score (nSPS) is 14.5. The number of nitrogens with one attached hydrogen (secondary N) is 2. The molecule has 4 N–H and O–H groups in total. The maximum absolute atomic E-state index is 13.1. The lowest BCUT2D eigenvalue weighted by Crippen LogP contribution is -2.34. The van der Waals surface area contributed by atoms with Crippen molar-refractivity contribution in [1.82, 2.24) is 24.6 Å². The SMILES string of the molecule is CCn1nc(C)cc1C(=O)Nc1nc2cc(C(N)=O)cc(OC)c2n1C/C=C/CNC1CCOCC1. The van der Waals surface area contributed by atoms with Crippen LogP contribution in [0.3, 0.4) is 0 Å². The molecule has 0 atom stereocenters. The predicted molar refractivity (Wildman–Crippen MR) is 136 cm³/mol. The van der Waals surface area contributed by atoms with Crippen molar-refractivity contribution in [3.63, 3.8) is 0 Å². The molecule has 4 rings (SSSR count). The highest BCUT2D eigenvalue weighted by Gasteiger charge is 2.21. The number of nitrogens with two attached hydrogens (primary N) is 1. The number of imidazole rings is 1. The Morgan fingerprint density at radius 1 is 1.25 bits per heavy atom. The molecule has 0 bridgehead atoms. The number of anilines is 1. The van der Waals surface area contributed by atoms with Crippen molar-refractivity contribution in [3.05, 3.63) is 47.3 Å². The number of allylic oxidation sites excluding steroid dienone is 1. The highest BCUT2D eigenvalue weighted by atomic mass is 16.5. The Balaban J connectivity index is 1.63. The molecule has 0 aliphatic carbocycles. The van der Waals surface area contributed by atoms with Crippen LogP contribution in [-0.2, 0) is 17.8 Å². The Labute approximate surface area is 209 Å². The first kappa shape index (κ1) is 25.4. The second-order valence-corrected chi connectivity index (χ2v) is 8.66. The number of primary amides is 1. The second kappa shape index (κ2) is 11.4. The van der Waals surface area contributed by atoms with Crippen LogP contribution >= 0.6 is 0 Å². The Morgan fingerprint density at radius 3 is 2.72 bits per heavy atom. The highest BCUT2D eigenvalue weighted by molar-refractivity contribution is 6.04. The Hall–Kier alpha value is -3.70. The van der Waals surface area contributed by atoms with Gasteiger partial charge in [-0.3, -0.25) is 19.6 Å². The van der Waals surface area contributed by atoms with E-state index in [1.807, 2.05) is 30.6 Å². The number of ether oxygens (including phenoxy) is 2. The summed E-state index contributed by atoms with van der Waals surface area (Å²) in [5, 5.41) is 10.8. The molecule has 11 nitrogen and oxygen atoms in total. The number of rotatable bonds is 10. The van der Waals surface area contributed by atoms with Crippen LogP contribution in [0.4, 0.5) is 5.95 Å². The molecule has 11 heteroatoms. The maximum Gasteiger partial charge on any atom is 0.276 e. The zero-order valence-corrected chi connectivity index (χ0v) is 20.9. The van der Waals surface area contributed by atoms with Crippen LogP contribution in [0.15, 0.2) is 30.4 Å². The highest BCUT2D eigenvalue weighted by Crippen LogP contribution is 2.31. The fourth-order valence-electron chi connectivity index (χ4n) is 4.34. The molecule has 0 unspecified atom stereocenters. The molecule has 1 aliphatic heterocycles. The molecule has 3 heterocycles. The van der Waals surface area contributed by atoms with Gasteiger partial charge in [-0.2, -0.15) is 5.10 Å². The number of hydrogen-bond donors (Lipinski definition) is 3. The van der Waals surface area contributed by atoms with Gasteiger partial charge in [0, 0.05) is 44.5 Å². The first-order valence-corrected chi connectivity index (χ1v) is 12.1. The summed E-state index contributed by atoms with van der Waals surface area (Å²) in [6.07, 6.45) is 6.06. The van der Waals surface area contributed by atoms with Gasteiger partial charge in [0.15, 0.2) is 0 Å². The zero-order valence-electron chi connectivity index (χ0n) is 20.9. The van der Waals surface area contributed by atoms with E-state index in [1.165, 1.54) is 7.11 Å². The second-order valence-electron chi connectivity index (χ2n) is 8.66. The van der Waals surface area contributed by atoms with E-state index in [4.69, 9.17) is 15.2 Å². The summed E-state index contributed by atoms with van der Waals surface area (Å²) in [5.74, 6) is -0.138. The molecule has 2 amide bonds. The fourth-order valence-corrected chi connectivity index (χ4v) is 4.34. The molecule has 1 aliphatic rings. The third-order valence-electron chi connectivity index (χ3n) is 6.17. The average molecular weight is 496 g/mol. The Morgan fingerprint density at radius 2 is 2.03 bits per heavy atom. The van der Waals surface area contributed by atoms with Gasteiger partial charge in [0.1, 0.15) is 17.0 Å². The Bertz CT molecular complexity index is 1270. The largest absolute Gasteiger partial charge is 0.494 e. The van der Waals surface area contributed by atoms with Crippen molar-refractivity contribution in [2.75, 3.05) is 32.2 Å². The van der Waals surface area contributed by atoms with E-state index in [-0.39, 0.29) is 11.5 Å². The molecule has 1 aromatic carbocycles. The summed E-state index contributed by atoms with van der Waals surface area (Å²) < 4.78 is 14.5. The molecular formula is C25H33N7O4. The Kier molecular flexibility index (Phi) is 8.01. The van der Waals surface area contributed by atoms with Crippen LogP contribution in [0.2, 0.25) is 0 Å². The molecule has 3 aromatic rings. The molecular weight excluding hydrogens is 462 g/mol. The molecule has 0 spiro atoms. The number of methoxy groups -OCH3 is 1. The quantitative estimate of drug-likeness (QED) is 0.367. The van der Waals surface area contributed by atoms with Gasteiger partial charge < -0.3 is 25.1 Å². The average Bonchev–Trinajstić information content (AvgIpc) is 3.43. The minimum atomic E-state index is -0.586. The van der Waals surface area contributed by atoms with E-state index in [0.717, 1.165) is 38.3 Å². The molecule has 1 fully saturated rings. The zero-order chi connectivity index (χ0) is 25.7. The number of fused-ring (bicyclic) bond motifs is 1. The summed E-state index contributed by atoms with van der Waals surface area (Å²) in [5.41, 5.74) is 8.12. The van der Waals surface area contributed by atoms with Gasteiger partial charge in [-0.1, -0.05) is 12.2 Å². The van der Waals surface area contributed by atoms with Gasteiger partial charge in [0.05, 0.1) is 18.3 Å². The van der Waals surface area contributed by atoms with Crippen molar-refractivity contribution in [2.24, 2.45) is 5.73 Å². The number of carbonyl (C=O) groups is 2. The van der Waals surface area contributed by atoms with Crippen molar-refractivity contribution in [1.29, 1.82) is 0 Å². The van der Waals surface area contributed by atoms with Crippen molar-refractivity contribution >= 4 is 28.8 Å². The molecule has 36 heavy (non-hydrogen) atoms. The van der Waals surface area contributed by atoms with E-state index in [9.17, 15) is 9.59 Å². The van der Waals surface area contributed by atoms with Crippen LogP contribution in [0.25, 0.3) is 11.0 Å².